The zero-order valence-electron chi connectivity index (χ0n) is 14.1. The number of rotatable bonds is 4. The third-order valence-electron chi connectivity index (χ3n) is 3.84. The fourth-order valence-electron chi connectivity index (χ4n) is 2.54. The number of benzene rings is 2. The molecule has 0 saturated heterocycles. The van der Waals surface area contributed by atoms with Crippen molar-refractivity contribution in [1.29, 1.82) is 0 Å². The molecule has 2 aromatic carbocycles. The number of hydrogen-bond donors (Lipinski definition) is 0. The minimum absolute atomic E-state index is 0.00224. The van der Waals surface area contributed by atoms with Gasteiger partial charge in [-0.05, 0) is 45.8 Å². The fraction of sp³-hybridized carbons (Fsp3) is 0.167. The van der Waals surface area contributed by atoms with Gasteiger partial charge in [-0.15, -0.1) is 0 Å². The highest BCUT2D eigenvalue weighted by atomic mass is 79.9. The van der Waals surface area contributed by atoms with Crippen LogP contribution in [0, 0.1) is 11.6 Å². The molecule has 1 heterocycles. The fourth-order valence-corrected chi connectivity index (χ4v) is 3.52. The molecule has 0 aliphatic carbocycles. The first-order valence-electron chi connectivity index (χ1n) is 7.74. The van der Waals surface area contributed by atoms with E-state index in [4.69, 9.17) is 16.3 Å². The summed E-state index contributed by atoms with van der Waals surface area (Å²) in [7, 11) is 1.11. The minimum atomic E-state index is -4.68. The predicted octanol–water partition coefficient (Wildman–Crippen LogP) is 6.38. The third kappa shape index (κ3) is 4.15. The topological polar surface area (TPSA) is 27.1 Å². The maximum atomic E-state index is 14.4. The molecule has 0 N–H and O–H groups in total. The Morgan fingerprint density at radius 2 is 1.79 bits per heavy atom. The van der Waals surface area contributed by atoms with Crippen molar-refractivity contribution in [2.45, 2.75) is 12.8 Å². The Labute approximate surface area is 169 Å². The van der Waals surface area contributed by atoms with Crippen molar-refractivity contribution < 1.29 is 26.7 Å². The van der Waals surface area contributed by atoms with E-state index in [0.717, 1.165) is 13.1 Å². The summed E-state index contributed by atoms with van der Waals surface area (Å²) < 4.78 is 72.6. The van der Waals surface area contributed by atoms with Crippen LogP contribution in [0.25, 0.3) is 11.3 Å². The molecule has 3 rings (SSSR count). The quantitative estimate of drug-likeness (QED) is 0.404. The first-order valence-corrected chi connectivity index (χ1v) is 8.91. The lowest BCUT2D eigenvalue weighted by Gasteiger charge is -2.11. The van der Waals surface area contributed by atoms with E-state index in [1.807, 2.05) is 0 Å². The minimum Gasteiger partial charge on any atom is -0.487 e. The molecule has 10 heteroatoms. The van der Waals surface area contributed by atoms with E-state index in [-0.39, 0.29) is 28.6 Å². The third-order valence-corrected chi connectivity index (χ3v) is 4.89. The molecule has 0 fully saturated rings. The van der Waals surface area contributed by atoms with Crippen molar-refractivity contribution >= 4 is 27.5 Å². The Bertz CT molecular complexity index is 1020. The van der Waals surface area contributed by atoms with Crippen LogP contribution in [-0.2, 0) is 19.8 Å². The summed E-state index contributed by atoms with van der Waals surface area (Å²) in [5.41, 5.74) is -0.876. The maximum Gasteiger partial charge on any atom is 0.434 e. The Morgan fingerprint density at radius 3 is 2.36 bits per heavy atom. The number of ether oxygens (including phenoxy) is 1. The largest absolute Gasteiger partial charge is 0.487 e. The van der Waals surface area contributed by atoms with Gasteiger partial charge in [-0.25, -0.2) is 8.78 Å². The smallest absolute Gasteiger partial charge is 0.434 e. The van der Waals surface area contributed by atoms with Gasteiger partial charge in [-0.2, -0.15) is 18.3 Å². The summed E-state index contributed by atoms with van der Waals surface area (Å²) in [6, 6.07) is 7.61. The molecule has 0 saturated carbocycles. The molecule has 0 aliphatic heterocycles. The van der Waals surface area contributed by atoms with Gasteiger partial charge < -0.3 is 4.74 Å². The number of aromatic nitrogens is 2. The number of aryl methyl sites for hydroxylation is 1. The second-order valence-electron chi connectivity index (χ2n) is 5.81. The Balaban J connectivity index is 1.97. The molecular weight excluding hydrogens is 471 g/mol. The highest BCUT2D eigenvalue weighted by Gasteiger charge is 2.39. The van der Waals surface area contributed by atoms with Gasteiger partial charge in [-0.3, -0.25) is 4.68 Å². The average molecular weight is 482 g/mol. The molecule has 0 amide bonds. The molecule has 3 aromatic rings. The summed E-state index contributed by atoms with van der Waals surface area (Å²) in [6.45, 7) is 0.00224. The SMILES string of the molecule is Cn1nc(-c2cc(OCc3ccc(F)cc3)c(Cl)cc2F)c(Br)c1C(F)(F)F. The second kappa shape index (κ2) is 7.71. The van der Waals surface area contributed by atoms with Crippen molar-refractivity contribution in [3.8, 4) is 17.0 Å². The lowest BCUT2D eigenvalue weighted by Crippen LogP contribution is -2.12. The highest BCUT2D eigenvalue weighted by molar-refractivity contribution is 9.10. The maximum absolute atomic E-state index is 14.4. The van der Waals surface area contributed by atoms with Crippen LogP contribution in [0.3, 0.4) is 0 Å². The Hall–Kier alpha value is -2.13. The molecule has 0 atom stereocenters. The Kier molecular flexibility index (Phi) is 5.67. The van der Waals surface area contributed by atoms with Crippen molar-refractivity contribution in [2.75, 3.05) is 0 Å². The summed E-state index contributed by atoms with van der Waals surface area (Å²) >= 11 is 8.84. The van der Waals surface area contributed by atoms with Gasteiger partial charge in [0.2, 0.25) is 0 Å². The Morgan fingerprint density at radius 1 is 1.14 bits per heavy atom. The molecule has 1 aromatic heterocycles. The van der Waals surface area contributed by atoms with E-state index in [9.17, 15) is 22.0 Å². The molecule has 0 bridgehead atoms. The number of nitrogens with zero attached hydrogens (tertiary/aromatic N) is 2. The highest BCUT2D eigenvalue weighted by Crippen LogP contribution is 2.42. The first-order chi connectivity index (χ1) is 13.1. The summed E-state index contributed by atoms with van der Waals surface area (Å²) in [5.74, 6) is -1.22. The normalized spacial score (nSPS) is 11.7. The molecule has 0 spiro atoms. The lowest BCUT2D eigenvalue weighted by atomic mass is 10.1. The summed E-state index contributed by atoms with van der Waals surface area (Å²) in [6.07, 6.45) is -4.68. The zero-order valence-corrected chi connectivity index (χ0v) is 16.5. The van der Waals surface area contributed by atoms with Gasteiger partial charge in [0.1, 0.15) is 29.7 Å². The lowest BCUT2D eigenvalue weighted by molar-refractivity contribution is -0.144. The molecule has 3 nitrogen and oxygen atoms in total. The van der Waals surface area contributed by atoms with E-state index in [1.165, 1.54) is 30.3 Å². The second-order valence-corrected chi connectivity index (χ2v) is 7.01. The van der Waals surface area contributed by atoms with Gasteiger partial charge in [0.15, 0.2) is 5.69 Å². The molecule has 0 radical (unpaired) electrons. The van der Waals surface area contributed by atoms with Crippen LogP contribution in [0.4, 0.5) is 22.0 Å². The number of alkyl halides is 3. The first kappa shape index (κ1) is 20.6. The number of hydrogen-bond acceptors (Lipinski definition) is 2. The predicted molar refractivity (Wildman–Crippen MR) is 97.0 cm³/mol. The molecule has 0 unspecified atom stereocenters. The summed E-state index contributed by atoms with van der Waals surface area (Å²) in [5, 5.41) is 3.71. The van der Waals surface area contributed by atoms with Gasteiger partial charge >= 0.3 is 6.18 Å². The van der Waals surface area contributed by atoms with E-state index < -0.39 is 28.0 Å². The van der Waals surface area contributed by atoms with Gasteiger partial charge in [0.25, 0.3) is 0 Å². The molecule has 148 valence electrons. The van der Waals surface area contributed by atoms with Gasteiger partial charge in [-0.1, -0.05) is 23.7 Å². The van der Waals surface area contributed by atoms with Crippen LogP contribution in [0.1, 0.15) is 11.3 Å². The van der Waals surface area contributed by atoms with E-state index in [2.05, 4.69) is 21.0 Å². The van der Waals surface area contributed by atoms with Crippen LogP contribution < -0.4 is 4.74 Å². The van der Waals surface area contributed by atoms with Crippen LogP contribution in [0.5, 0.6) is 5.75 Å². The van der Waals surface area contributed by atoms with Crippen molar-refractivity contribution in [3.05, 3.63) is 68.8 Å². The van der Waals surface area contributed by atoms with Crippen molar-refractivity contribution in [1.82, 2.24) is 9.78 Å². The van der Waals surface area contributed by atoms with Gasteiger partial charge in [0, 0.05) is 12.6 Å². The molecule has 28 heavy (non-hydrogen) atoms. The monoisotopic (exact) mass is 480 g/mol. The van der Waals surface area contributed by atoms with E-state index in [1.54, 1.807) is 0 Å². The number of halogens is 7. The standard InChI is InChI=1S/C18H11BrClF5N2O/c1-27-17(18(23,24)25)15(19)16(26-27)11-6-14(12(20)7-13(11)22)28-8-9-2-4-10(21)5-3-9/h2-7H,8H2,1H3. The summed E-state index contributed by atoms with van der Waals surface area (Å²) in [4.78, 5) is 0. The average Bonchev–Trinajstić information content (AvgIpc) is 2.90. The molecule has 0 aliphatic rings. The van der Waals surface area contributed by atoms with Crippen LogP contribution in [0.2, 0.25) is 5.02 Å². The van der Waals surface area contributed by atoms with E-state index >= 15 is 0 Å². The van der Waals surface area contributed by atoms with Gasteiger partial charge in [0.05, 0.1) is 9.50 Å². The van der Waals surface area contributed by atoms with Crippen LogP contribution >= 0.6 is 27.5 Å². The van der Waals surface area contributed by atoms with Crippen molar-refractivity contribution in [2.24, 2.45) is 7.05 Å². The van der Waals surface area contributed by atoms with Crippen molar-refractivity contribution in [3.63, 3.8) is 0 Å². The van der Waals surface area contributed by atoms with Crippen LogP contribution in [0.15, 0.2) is 40.9 Å². The van der Waals surface area contributed by atoms with Crippen LogP contribution in [-0.4, -0.2) is 9.78 Å². The zero-order chi connectivity index (χ0) is 20.6. The van der Waals surface area contributed by atoms with E-state index in [0.29, 0.717) is 10.2 Å². The molecular formula is C18H11BrClF5N2O.